The van der Waals surface area contributed by atoms with E-state index in [0.29, 0.717) is 0 Å². The van der Waals surface area contributed by atoms with Gasteiger partial charge < -0.3 is 10.2 Å². The summed E-state index contributed by atoms with van der Waals surface area (Å²) in [4.78, 5) is 10.7. The minimum Gasteiger partial charge on any atom is -0.311 e. The van der Waals surface area contributed by atoms with Crippen LogP contribution in [0.2, 0.25) is 0 Å². The number of rotatable bonds is 6. The third kappa shape index (κ3) is 4.31. The molecule has 1 N–H and O–H groups in total. The van der Waals surface area contributed by atoms with Crippen LogP contribution in [-0.2, 0) is 13.0 Å². The molecule has 4 nitrogen and oxygen atoms in total. The van der Waals surface area contributed by atoms with Gasteiger partial charge in [-0.25, -0.2) is 4.98 Å². The van der Waals surface area contributed by atoms with E-state index in [4.69, 9.17) is 0 Å². The Kier molecular flexibility index (Phi) is 5.56. The number of nitrogens with one attached hydrogen (secondary N) is 1. The van der Waals surface area contributed by atoms with Gasteiger partial charge in [-0.15, -0.1) is 11.3 Å². The van der Waals surface area contributed by atoms with Crippen molar-refractivity contribution in [1.29, 1.82) is 0 Å². The van der Waals surface area contributed by atoms with Crippen molar-refractivity contribution in [2.45, 2.75) is 19.9 Å². The Balaban J connectivity index is 1.58. The summed E-state index contributed by atoms with van der Waals surface area (Å²) in [5.41, 5.74) is 0. The molecule has 1 aromatic rings. The van der Waals surface area contributed by atoms with E-state index in [1.54, 1.807) is 0 Å². The Labute approximate surface area is 114 Å². The molecule has 1 fully saturated rings. The average Bonchev–Trinajstić information content (AvgIpc) is 2.85. The fourth-order valence-corrected chi connectivity index (χ4v) is 2.95. The quantitative estimate of drug-likeness (QED) is 0.781. The van der Waals surface area contributed by atoms with Crippen LogP contribution in [-0.4, -0.2) is 61.1 Å². The first-order chi connectivity index (χ1) is 8.78. The van der Waals surface area contributed by atoms with E-state index in [2.05, 4.69) is 34.1 Å². The number of aryl methyl sites for hydroxylation is 1. The van der Waals surface area contributed by atoms with Gasteiger partial charge >= 0.3 is 0 Å². The Hall–Kier alpha value is -0.490. The maximum Gasteiger partial charge on any atom is 0.0925 e. The van der Waals surface area contributed by atoms with Gasteiger partial charge in [-0.2, -0.15) is 0 Å². The van der Waals surface area contributed by atoms with Gasteiger partial charge in [0.2, 0.25) is 0 Å². The minimum absolute atomic E-state index is 0.964. The first-order valence-corrected chi connectivity index (χ1v) is 7.64. The second kappa shape index (κ2) is 7.19. The zero-order valence-corrected chi connectivity index (χ0v) is 12.3. The lowest BCUT2D eigenvalue weighted by atomic mass is 10.3. The zero-order chi connectivity index (χ0) is 12.8. The lowest BCUT2D eigenvalue weighted by molar-refractivity contribution is 0.154. The number of hydrogen-bond acceptors (Lipinski definition) is 5. The second-order valence-electron chi connectivity index (χ2n) is 4.90. The highest BCUT2D eigenvalue weighted by atomic mass is 32.1. The van der Waals surface area contributed by atoms with Gasteiger partial charge in [-0.3, -0.25) is 4.90 Å². The van der Waals surface area contributed by atoms with Crippen LogP contribution in [0.1, 0.15) is 16.8 Å². The SMILES string of the molecule is CCc1ncc(CNCCN2CCN(C)CC2)s1. The molecule has 0 amide bonds. The number of nitrogens with zero attached hydrogens (tertiary/aromatic N) is 3. The average molecular weight is 268 g/mol. The molecule has 18 heavy (non-hydrogen) atoms. The van der Waals surface area contributed by atoms with Gasteiger partial charge in [0.05, 0.1) is 5.01 Å². The summed E-state index contributed by atoms with van der Waals surface area (Å²) in [5.74, 6) is 0. The molecule has 1 saturated heterocycles. The maximum absolute atomic E-state index is 4.37. The summed E-state index contributed by atoms with van der Waals surface area (Å²) < 4.78 is 0. The predicted molar refractivity (Wildman–Crippen MR) is 77.1 cm³/mol. The molecule has 0 aliphatic carbocycles. The monoisotopic (exact) mass is 268 g/mol. The lowest BCUT2D eigenvalue weighted by Gasteiger charge is -2.32. The molecule has 0 spiro atoms. The molecule has 2 heterocycles. The third-order valence-corrected chi connectivity index (χ3v) is 4.55. The largest absolute Gasteiger partial charge is 0.311 e. The van der Waals surface area contributed by atoms with E-state index in [1.165, 1.54) is 36.1 Å². The van der Waals surface area contributed by atoms with Gasteiger partial charge in [-0.05, 0) is 13.5 Å². The molecule has 0 aromatic carbocycles. The van der Waals surface area contributed by atoms with Gasteiger partial charge in [0, 0.05) is 56.9 Å². The highest BCUT2D eigenvalue weighted by Gasteiger charge is 2.12. The van der Waals surface area contributed by atoms with Crippen LogP contribution in [0, 0.1) is 0 Å². The standard InChI is InChI=1S/C13H24N4S/c1-3-13-15-11-12(18-13)10-14-4-5-17-8-6-16(2)7-9-17/h11,14H,3-10H2,1-2H3. The summed E-state index contributed by atoms with van der Waals surface area (Å²) >= 11 is 1.83. The molecule has 1 aromatic heterocycles. The number of thiazole rings is 1. The number of aromatic nitrogens is 1. The highest BCUT2D eigenvalue weighted by molar-refractivity contribution is 7.11. The molecule has 0 radical (unpaired) electrons. The van der Waals surface area contributed by atoms with Crippen molar-refractivity contribution in [3.8, 4) is 0 Å². The van der Waals surface area contributed by atoms with Crippen LogP contribution in [0.15, 0.2) is 6.20 Å². The van der Waals surface area contributed by atoms with E-state index in [0.717, 1.165) is 26.1 Å². The van der Waals surface area contributed by atoms with Crippen LogP contribution in [0.5, 0.6) is 0 Å². The van der Waals surface area contributed by atoms with Crippen LogP contribution in [0.4, 0.5) is 0 Å². The van der Waals surface area contributed by atoms with Crippen molar-refractivity contribution in [1.82, 2.24) is 20.1 Å². The topological polar surface area (TPSA) is 31.4 Å². The molecule has 0 saturated carbocycles. The summed E-state index contributed by atoms with van der Waals surface area (Å²) in [6.07, 6.45) is 3.05. The normalized spacial score (nSPS) is 18.3. The molecular formula is C13H24N4S. The molecule has 5 heteroatoms. The molecule has 0 atom stereocenters. The fourth-order valence-electron chi connectivity index (χ4n) is 2.11. The molecule has 1 aliphatic rings. The summed E-state index contributed by atoms with van der Waals surface area (Å²) in [7, 11) is 2.20. The van der Waals surface area contributed by atoms with Crippen molar-refractivity contribution < 1.29 is 0 Å². The van der Waals surface area contributed by atoms with E-state index in [9.17, 15) is 0 Å². The van der Waals surface area contributed by atoms with Crippen LogP contribution < -0.4 is 5.32 Å². The smallest absolute Gasteiger partial charge is 0.0925 e. The molecule has 2 rings (SSSR count). The Morgan fingerprint density at radius 3 is 2.78 bits per heavy atom. The van der Waals surface area contributed by atoms with E-state index in [1.807, 2.05) is 17.5 Å². The van der Waals surface area contributed by atoms with E-state index < -0.39 is 0 Å². The highest BCUT2D eigenvalue weighted by Crippen LogP contribution is 2.12. The number of likely N-dealkylation sites (N-methyl/N-ethyl adjacent to an activating group) is 1. The van der Waals surface area contributed by atoms with Gasteiger partial charge in [0.1, 0.15) is 0 Å². The zero-order valence-electron chi connectivity index (χ0n) is 11.5. The van der Waals surface area contributed by atoms with Crippen molar-refractivity contribution in [2.24, 2.45) is 0 Å². The maximum atomic E-state index is 4.37. The second-order valence-corrected chi connectivity index (χ2v) is 6.10. The summed E-state index contributed by atoms with van der Waals surface area (Å²) in [6.45, 7) is 10.2. The first-order valence-electron chi connectivity index (χ1n) is 6.83. The van der Waals surface area contributed by atoms with Crippen molar-refractivity contribution in [2.75, 3.05) is 46.3 Å². The van der Waals surface area contributed by atoms with Crippen molar-refractivity contribution in [3.63, 3.8) is 0 Å². The minimum atomic E-state index is 0.964. The number of piperazine rings is 1. The van der Waals surface area contributed by atoms with Crippen molar-refractivity contribution in [3.05, 3.63) is 16.1 Å². The van der Waals surface area contributed by atoms with E-state index >= 15 is 0 Å². The summed E-state index contributed by atoms with van der Waals surface area (Å²) in [6, 6.07) is 0. The van der Waals surface area contributed by atoms with Crippen LogP contribution in [0.25, 0.3) is 0 Å². The summed E-state index contributed by atoms with van der Waals surface area (Å²) in [5, 5.41) is 4.75. The van der Waals surface area contributed by atoms with Gasteiger partial charge in [0.25, 0.3) is 0 Å². The molecular weight excluding hydrogens is 244 g/mol. The Morgan fingerprint density at radius 2 is 2.11 bits per heavy atom. The van der Waals surface area contributed by atoms with Gasteiger partial charge in [0.15, 0.2) is 0 Å². The lowest BCUT2D eigenvalue weighted by Crippen LogP contribution is -2.46. The molecule has 102 valence electrons. The predicted octanol–water partition coefficient (Wildman–Crippen LogP) is 1.04. The third-order valence-electron chi connectivity index (χ3n) is 3.40. The van der Waals surface area contributed by atoms with E-state index in [-0.39, 0.29) is 0 Å². The van der Waals surface area contributed by atoms with Gasteiger partial charge in [-0.1, -0.05) is 6.92 Å². The Bertz CT molecular complexity index is 345. The molecule has 0 unspecified atom stereocenters. The molecule has 0 bridgehead atoms. The van der Waals surface area contributed by atoms with Crippen molar-refractivity contribution >= 4 is 11.3 Å². The fraction of sp³-hybridized carbons (Fsp3) is 0.769. The number of hydrogen-bond donors (Lipinski definition) is 1. The Morgan fingerprint density at radius 1 is 1.33 bits per heavy atom. The van der Waals surface area contributed by atoms with Crippen LogP contribution >= 0.6 is 11.3 Å². The van der Waals surface area contributed by atoms with Crippen LogP contribution in [0.3, 0.4) is 0 Å². The first kappa shape index (κ1) is 13.9. The molecule has 1 aliphatic heterocycles.